The third-order valence-corrected chi connectivity index (χ3v) is 6.51. The van der Waals surface area contributed by atoms with Crippen molar-refractivity contribution in [3.8, 4) is 0 Å². The number of amides is 2. The Kier molecular flexibility index (Phi) is 6.99. The molecule has 1 spiro atoms. The third kappa shape index (κ3) is 3.85. The van der Waals surface area contributed by atoms with E-state index in [4.69, 9.17) is 0 Å². The van der Waals surface area contributed by atoms with Gasteiger partial charge in [-0.1, -0.05) is 37.3 Å². The number of carbonyl (C=O) groups is 2. The zero-order valence-electron chi connectivity index (χ0n) is 17.1. The van der Waals surface area contributed by atoms with E-state index in [0.29, 0.717) is 13.1 Å². The maximum Gasteiger partial charge on any atom is 0.323 e. The molecular weight excluding hydrogens is 378 g/mol. The Bertz CT molecular complexity index is 687. The second-order valence-corrected chi connectivity index (χ2v) is 8.20. The second-order valence-electron chi connectivity index (χ2n) is 8.20. The van der Waals surface area contributed by atoms with Gasteiger partial charge in [-0.15, -0.1) is 12.4 Å². The highest BCUT2D eigenvalue weighted by atomic mass is 35.5. The van der Waals surface area contributed by atoms with Gasteiger partial charge in [-0.25, -0.2) is 4.79 Å². The number of urea groups is 1. The molecule has 1 N–H and O–H groups in total. The Labute approximate surface area is 173 Å². The maximum absolute atomic E-state index is 12.8. The van der Waals surface area contributed by atoms with Crippen molar-refractivity contribution in [2.75, 3.05) is 33.7 Å². The fourth-order valence-corrected chi connectivity index (χ4v) is 5.02. The molecule has 0 atom stereocenters. The molecule has 2 fully saturated rings. The van der Waals surface area contributed by atoms with Crippen molar-refractivity contribution in [3.05, 3.63) is 35.9 Å². The van der Waals surface area contributed by atoms with Crippen molar-refractivity contribution in [1.29, 1.82) is 0 Å². The predicted octanol–water partition coefficient (Wildman–Crippen LogP) is 3.41. The summed E-state index contributed by atoms with van der Waals surface area (Å²) in [5.41, 5.74) is 1.04. The predicted molar refractivity (Wildman–Crippen MR) is 112 cm³/mol. The zero-order chi connectivity index (χ0) is 19.7. The van der Waals surface area contributed by atoms with Gasteiger partial charge in [0.05, 0.1) is 5.54 Å². The lowest BCUT2D eigenvalue weighted by Crippen LogP contribution is -2.55. The lowest BCUT2D eigenvalue weighted by atomic mass is 9.68. The van der Waals surface area contributed by atoms with Crippen molar-refractivity contribution in [3.63, 3.8) is 0 Å². The monoisotopic (exact) mass is 409 g/mol. The Morgan fingerprint density at radius 1 is 1.14 bits per heavy atom. The van der Waals surface area contributed by atoms with Crippen LogP contribution in [0.1, 0.15) is 44.6 Å². The highest BCUT2D eigenvalue weighted by Gasteiger charge is 2.54. The molecule has 2 amide bonds. The molecular formula is C21H32ClN3O3. The molecule has 1 aromatic rings. The van der Waals surface area contributed by atoms with Crippen molar-refractivity contribution in [1.82, 2.24) is 14.7 Å². The number of halogens is 1. The normalized spacial score (nSPS) is 27.4. The third-order valence-electron chi connectivity index (χ3n) is 6.51. The molecule has 156 valence electrons. The molecule has 0 aromatic heterocycles. The Balaban J connectivity index is 0.00000280. The van der Waals surface area contributed by atoms with E-state index in [2.05, 4.69) is 50.2 Å². The van der Waals surface area contributed by atoms with Crippen LogP contribution in [0.5, 0.6) is 0 Å². The summed E-state index contributed by atoms with van der Waals surface area (Å²) in [4.78, 5) is 29.8. The van der Waals surface area contributed by atoms with Crippen LogP contribution in [0.25, 0.3) is 0 Å². The molecule has 0 bridgehead atoms. The second kappa shape index (κ2) is 8.70. The van der Waals surface area contributed by atoms with Gasteiger partial charge in [0, 0.05) is 18.6 Å². The highest BCUT2D eigenvalue weighted by molar-refractivity contribution is 5.85. The smallest absolute Gasteiger partial charge is 0.323 e. The first kappa shape index (κ1) is 22.5. The first-order chi connectivity index (χ1) is 12.8. The maximum atomic E-state index is 12.8. The molecule has 1 aliphatic carbocycles. The number of rotatable bonds is 6. The average Bonchev–Trinajstić information content (AvgIpc) is 2.88. The average molecular weight is 410 g/mol. The Morgan fingerprint density at radius 3 is 2.25 bits per heavy atom. The fraction of sp³-hybridized carbons (Fsp3) is 0.619. The van der Waals surface area contributed by atoms with Crippen LogP contribution in [0.4, 0.5) is 4.79 Å². The van der Waals surface area contributed by atoms with E-state index in [-0.39, 0.29) is 36.1 Å². The van der Waals surface area contributed by atoms with Crippen molar-refractivity contribution < 1.29 is 14.7 Å². The molecule has 3 rings (SSSR count). The summed E-state index contributed by atoms with van der Waals surface area (Å²) < 4.78 is 0. The van der Waals surface area contributed by atoms with Crippen LogP contribution in [-0.4, -0.2) is 71.1 Å². The van der Waals surface area contributed by atoms with Crippen LogP contribution >= 0.6 is 12.4 Å². The quantitative estimate of drug-likeness (QED) is 0.781. The van der Waals surface area contributed by atoms with Crippen LogP contribution in [0.3, 0.4) is 0 Å². The number of hydrogen-bond acceptors (Lipinski definition) is 3. The SMILES string of the molecule is CCCN1C(=O)N(CC(=O)O)C[C@]12CC[C@@](c1ccccc1)(N(C)C)CC2.Cl. The fourth-order valence-electron chi connectivity index (χ4n) is 5.02. The van der Waals surface area contributed by atoms with Crippen molar-refractivity contribution in [2.24, 2.45) is 0 Å². The van der Waals surface area contributed by atoms with Gasteiger partial charge in [0.1, 0.15) is 6.54 Å². The van der Waals surface area contributed by atoms with E-state index in [9.17, 15) is 14.7 Å². The molecule has 1 saturated heterocycles. The van der Waals surface area contributed by atoms with Gasteiger partial charge in [-0.3, -0.25) is 9.69 Å². The summed E-state index contributed by atoms with van der Waals surface area (Å²) >= 11 is 0. The van der Waals surface area contributed by atoms with E-state index < -0.39 is 5.97 Å². The summed E-state index contributed by atoms with van der Waals surface area (Å²) in [7, 11) is 4.26. The van der Waals surface area contributed by atoms with Crippen LogP contribution in [-0.2, 0) is 10.3 Å². The van der Waals surface area contributed by atoms with Gasteiger partial charge >= 0.3 is 12.0 Å². The van der Waals surface area contributed by atoms with E-state index in [0.717, 1.165) is 32.1 Å². The molecule has 1 aromatic carbocycles. The first-order valence-electron chi connectivity index (χ1n) is 9.86. The molecule has 1 aliphatic heterocycles. The summed E-state index contributed by atoms with van der Waals surface area (Å²) in [5.74, 6) is -0.945. The van der Waals surface area contributed by atoms with Crippen LogP contribution < -0.4 is 0 Å². The van der Waals surface area contributed by atoms with Gasteiger partial charge in [0.15, 0.2) is 0 Å². The molecule has 1 saturated carbocycles. The zero-order valence-corrected chi connectivity index (χ0v) is 17.9. The number of aliphatic carboxylic acids is 1. The molecule has 28 heavy (non-hydrogen) atoms. The van der Waals surface area contributed by atoms with E-state index in [1.807, 2.05) is 11.0 Å². The first-order valence-corrected chi connectivity index (χ1v) is 9.86. The van der Waals surface area contributed by atoms with Crippen LogP contribution in [0.2, 0.25) is 0 Å². The minimum Gasteiger partial charge on any atom is -0.480 e. The van der Waals surface area contributed by atoms with Crippen LogP contribution in [0.15, 0.2) is 30.3 Å². The Hall–Kier alpha value is -1.79. The van der Waals surface area contributed by atoms with Gasteiger partial charge in [-0.2, -0.15) is 0 Å². The number of hydrogen-bond donors (Lipinski definition) is 1. The van der Waals surface area contributed by atoms with Gasteiger partial charge in [0.25, 0.3) is 0 Å². The summed E-state index contributed by atoms with van der Waals surface area (Å²) in [6.07, 6.45) is 4.58. The number of nitrogens with zero attached hydrogens (tertiary/aromatic N) is 3. The van der Waals surface area contributed by atoms with Gasteiger partial charge in [0.2, 0.25) is 0 Å². The van der Waals surface area contributed by atoms with Crippen molar-refractivity contribution in [2.45, 2.75) is 50.1 Å². The van der Waals surface area contributed by atoms with E-state index >= 15 is 0 Å². The van der Waals surface area contributed by atoms with Gasteiger partial charge < -0.3 is 14.9 Å². The number of carboxylic acids is 1. The van der Waals surface area contributed by atoms with Gasteiger partial charge in [-0.05, 0) is 51.8 Å². The van der Waals surface area contributed by atoms with Crippen LogP contribution in [0, 0.1) is 0 Å². The number of carbonyl (C=O) groups excluding carboxylic acids is 1. The van der Waals surface area contributed by atoms with E-state index in [1.54, 1.807) is 0 Å². The molecule has 6 nitrogen and oxygen atoms in total. The summed E-state index contributed by atoms with van der Waals surface area (Å²) in [6.45, 7) is 3.07. The number of benzene rings is 1. The lowest BCUT2D eigenvalue weighted by Gasteiger charge is -2.51. The molecule has 2 aliphatic rings. The molecule has 7 heteroatoms. The molecule has 0 radical (unpaired) electrons. The molecule has 0 unspecified atom stereocenters. The minimum atomic E-state index is -0.945. The lowest BCUT2D eigenvalue weighted by molar-refractivity contribution is -0.137. The highest BCUT2D eigenvalue weighted by Crippen LogP contribution is 2.48. The summed E-state index contributed by atoms with van der Waals surface area (Å²) in [5, 5.41) is 9.18. The largest absolute Gasteiger partial charge is 0.480 e. The summed E-state index contributed by atoms with van der Waals surface area (Å²) in [6, 6.07) is 10.5. The molecule has 1 heterocycles. The minimum absolute atomic E-state index is 0. The van der Waals surface area contributed by atoms with E-state index in [1.165, 1.54) is 10.5 Å². The Morgan fingerprint density at radius 2 is 1.75 bits per heavy atom. The topological polar surface area (TPSA) is 64.1 Å². The standard InChI is InChI=1S/C21H31N3O3.ClH/c1-4-14-24-19(27)23(15-18(25)26)16-20(24)10-12-21(13-11-20,22(2)3)17-8-6-5-7-9-17;/h5-9H,4,10-16H2,1-3H3,(H,25,26);1H/t20-,21-;. The van der Waals surface area contributed by atoms with Crippen molar-refractivity contribution >= 4 is 24.4 Å². The number of carboxylic acid groups (broad SMARTS) is 1.